The van der Waals surface area contributed by atoms with Crippen molar-refractivity contribution in [2.45, 2.75) is 39.5 Å². The maximum atomic E-state index is 14.4. The van der Waals surface area contributed by atoms with Gasteiger partial charge in [0.2, 0.25) is 0 Å². The number of benzene rings is 3. The number of amides is 1. The third-order valence-corrected chi connectivity index (χ3v) is 8.93. The van der Waals surface area contributed by atoms with E-state index in [1.54, 1.807) is 49.9 Å². The number of allylic oxidation sites excluding steroid dienone is 1. The summed E-state index contributed by atoms with van der Waals surface area (Å²) in [6.07, 6.45) is -0.364. The largest absolute Gasteiger partial charge is 0.459 e. The van der Waals surface area contributed by atoms with Gasteiger partial charge in [-0.25, -0.2) is 9.79 Å². The second-order valence-corrected chi connectivity index (χ2v) is 12.7. The van der Waals surface area contributed by atoms with E-state index in [-0.39, 0.29) is 22.1 Å². The van der Waals surface area contributed by atoms with Crippen LogP contribution in [0.15, 0.2) is 98.3 Å². The van der Waals surface area contributed by atoms with E-state index in [1.165, 1.54) is 4.57 Å². The number of esters is 1. The molecule has 1 amide bonds. The highest BCUT2D eigenvalue weighted by Crippen LogP contribution is 2.38. The molecule has 2 aliphatic heterocycles. The van der Waals surface area contributed by atoms with Crippen LogP contribution in [0.25, 0.3) is 5.57 Å². The Balaban J connectivity index is 1.59. The first-order valence-electron chi connectivity index (χ1n) is 13.3. The minimum absolute atomic E-state index is 0.263. The molecule has 1 atom stereocenters. The van der Waals surface area contributed by atoms with Crippen LogP contribution in [0.4, 0.5) is 5.69 Å². The van der Waals surface area contributed by atoms with Crippen molar-refractivity contribution in [2.24, 2.45) is 4.99 Å². The first-order chi connectivity index (χ1) is 20.1. The van der Waals surface area contributed by atoms with Gasteiger partial charge in [-0.15, -0.1) is 0 Å². The molecule has 0 spiro atoms. The Kier molecular flexibility index (Phi) is 7.51. The van der Waals surface area contributed by atoms with E-state index in [0.29, 0.717) is 38.8 Å². The summed E-state index contributed by atoms with van der Waals surface area (Å²) in [7, 11) is 0. The molecule has 212 valence electrons. The highest BCUT2D eigenvalue weighted by atomic mass is 79.9. The van der Waals surface area contributed by atoms with Crippen LogP contribution in [-0.2, 0) is 20.9 Å². The number of carbonyl (C=O) groups excluding carboxylic acids is 2. The minimum atomic E-state index is -0.807. The molecule has 4 aromatic rings. The second kappa shape index (κ2) is 11.1. The number of rotatable bonds is 5. The Morgan fingerprint density at radius 1 is 1.07 bits per heavy atom. The minimum Gasteiger partial charge on any atom is -0.459 e. The van der Waals surface area contributed by atoms with Gasteiger partial charge in [0.25, 0.3) is 11.5 Å². The van der Waals surface area contributed by atoms with E-state index < -0.39 is 17.6 Å². The average Bonchev–Trinajstić information content (AvgIpc) is 3.40. The van der Waals surface area contributed by atoms with Gasteiger partial charge < -0.3 is 9.64 Å². The molecular weight excluding hydrogens is 638 g/mol. The molecule has 0 N–H and O–H groups in total. The van der Waals surface area contributed by atoms with Crippen molar-refractivity contribution in [1.29, 1.82) is 0 Å². The SMILES string of the molecule is CC1=C(C(=O)OC(C)C)[C@@H](c2ccc(Cl)cc2)n2c(s/c(=C3\C(=O)N(Cc4ccccc4)c4ccc(Br)cc43)c2=O)=N1. The lowest BCUT2D eigenvalue weighted by Crippen LogP contribution is -2.41. The Bertz CT molecular complexity index is 1960. The lowest BCUT2D eigenvalue weighted by atomic mass is 9.96. The predicted molar refractivity (Wildman–Crippen MR) is 167 cm³/mol. The number of aromatic nitrogens is 1. The molecular formula is C32H25BrClN3O4S. The summed E-state index contributed by atoms with van der Waals surface area (Å²) in [5.41, 5.74) is 3.65. The molecule has 0 saturated carbocycles. The van der Waals surface area contributed by atoms with Crippen LogP contribution in [0.1, 0.15) is 43.5 Å². The average molecular weight is 663 g/mol. The molecule has 7 nitrogen and oxygen atoms in total. The number of fused-ring (bicyclic) bond motifs is 2. The van der Waals surface area contributed by atoms with Gasteiger partial charge in [-0.1, -0.05) is 81.3 Å². The first-order valence-corrected chi connectivity index (χ1v) is 15.3. The van der Waals surface area contributed by atoms with Gasteiger partial charge >= 0.3 is 5.97 Å². The molecule has 0 radical (unpaired) electrons. The van der Waals surface area contributed by atoms with E-state index in [4.69, 9.17) is 16.3 Å². The zero-order valence-electron chi connectivity index (χ0n) is 22.9. The summed E-state index contributed by atoms with van der Waals surface area (Å²) < 4.78 is 8.12. The summed E-state index contributed by atoms with van der Waals surface area (Å²) >= 11 is 10.9. The van der Waals surface area contributed by atoms with Crippen LogP contribution in [0.3, 0.4) is 0 Å². The predicted octanol–water partition coefficient (Wildman–Crippen LogP) is 5.52. The van der Waals surface area contributed by atoms with Gasteiger partial charge in [-0.3, -0.25) is 14.2 Å². The molecule has 0 unspecified atom stereocenters. The fourth-order valence-corrected chi connectivity index (χ4v) is 6.94. The van der Waals surface area contributed by atoms with Crippen LogP contribution in [0, 0.1) is 0 Å². The van der Waals surface area contributed by atoms with Crippen molar-refractivity contribution < 1.29 is 14.3 Å². The number of hydrogen-bond donors (Lipinski definition) is 0. The smallest absolute Gasteiger partial charge is 0.338 e. The number of nitrogens with zero attached hydrogens (tertiary/aromatic N) is 3. The zero-order chi connectivity index (χ0) is 29.7. The molecule has 3 heterocycles. The summed E-state index contributed by atoms with van der Waals surface area (Å²) in [6.45, 7) is 5.62. The van der Waals surface area contributed by atoms with Crippen LogP contribution >= 0.6 is 38.9 Å². The standard InChI is InChI=1S/C32H25BrClN3O4S/c1-17(2)41-31(40)25-18(3)35-32-37(27(25)20-9-12-22(34)13-10-20)30(39)28(42-32)26-23-15-21(33)11-14-24(23)36(29(26)38)16-19-7-5-4-6-8-19/h4-15,17,27H,16H2,1-3H3/b28-26-/t27-/m1/s1. The molecule has 0 fully saturated rings. The number of hydrogen-bond acceptors (Lipinski definition) is 6. The molecule has 0 aliphatic carbocycles. The number of halogens is 2. The van der Waals surface area contributed by atoms with Crippen molar-refractivity contribution in [3.8, 4) is 0 Å². The monoisotopic (exact) mass is 661 g/mol. The normalized spacial score (nSPS) is 17.3. The van der Waals surface area contributed by atoms with Gasteiger partial charge in [0, 0.05) is 15.1 Å². The van der Waals surface area contributed by atoms with E-state index >= 15 is 0 Å². The molecule has 1 aromatic heterocycles. The number of thiazole rings is 1. The molecule has 42 heavy (non-hydrogen) atoms. The molecule has 3 aromatic carbocycles. The van der Waals surface area contributed by atoms with E-state index in [0.717, 1.165) is 27.1 Å². The van der Waals surface area contributed by atoms with Crippen LogP contribution in [0.5, 0.6) is 0 Å². The maximum absolute atomic E-state index is 14.4. The zero-order valence-corrected chi connectivity index (χ0v) is 26.1. The highest BCUT2D eigenvalue weighted by Gasteiger charge is 2.37. The van der Waals surface area contributed by atoms with E-state index in [1.807, 2.05) is 48.5 Å². The van der Waals surface area contributed by atoms with Crippen LogP contribution in [0.2, 0.25) is 5.02 Å². The summed E-state index contributed by atoms with van der Waals surface area (Å²) in [4.78, 5) is 48.6. The van der Waals surface area contributed by atoms with Gasteiger partial charge in [0.1, 0.15) is 4.53 Å². The number of carbonyl (C=O) groups is 2. The number of anilines is 1. The van der Waals surface area contributed by atoms with Crippen molar-refractivity contribution >= 4 is 62.0 Å². The van der Waals surface area contributed by atoms with Gasteiger partial charge in [-0.2, -0.15) is 0 Å². The van der Waals surface area contributed by atoms with Crippen LogP contribution < -0.4 is 19.8 Å². The van der Waals surface area contributed by atoms with Crippen molar-refractivity contribution in [3.63, 3.8) is 0 Å². The first kappa shape index (κ1) is 28.3. The molecule has 0 saturated heterocycles. The molecule has 0 bridgehead atoms. The third kappa shape index (κ3) is 4.95. The van der Waals surface area contributed by atoms with Crippen molar-refractivity contribution in [2.75, 3.05) is 4.90 Å². The fraction of sp³-hybridized carbons (Fsp3) is 0.188. The van der Waals surface area contributed by atoms with E-state index in [2.05, 4.69) is 20.9 Å². The van der Waals surface area contributed by atoms with Crippen molar-refractivity contribution in [3.05, 3.63) is 130 Å². The quantitative estimate of drug-likeness (QED) is 0.264. The third-order valence-electron chi connectivity index (χ3n) is 7.13. The number of ether oxygens (including phenoxy) is 1. The Labute approximate surface area is 259 Å². The Morgan fingerprint density at radius 2 is 1.79 bits per heavy atom. The lowest BCUT2D eigenvalue weighted by Gasteiger charge is -2.25. The Hall–Kier alpha value is -3.79. The maximum Gasteiger partial charge on any atom is 0.338 e. The topological polar surface area (TPSA) is 81.0 Å². The fourth-order valence-electron chi connectivity index (χ4n) is 5.32. The van der Waals surface area contributed by atoms with Crippen LogP contribution in [-0.4, -0.2) is 22.5 Å². The molecule has 6 rings (SSSR count). The van der Waals surface area contributed by atoms with Gasteiger partial charge in [-0.05, 0) is 62.2 Å². The second-order valence-electron chi connectivity index (χ2n) is 10.3. The van der Waals surface area contributed by atoms with E-state index in [9.17, 15) is 14.4 Å². The summed E-state index contributed by atoms with van der Waals surface area (Å²) in [6, 6.07) is 21.5. The summed E-state index contributed by atoms with van der Waals surface area (Å²) in [5, 5.41) is 0.526. The van der Waals surface area contributed by atoms with Gasteiger partial charge in [0.15, 0.2) is 4.80 Å². The lowest BCUT2D eigenvalue weighted by molar-refractivity contribution is -0.143. The Morgan fingerprint density at radius 3 is 2.48 bits per heavy atom. The molecule has 2 aliphatic rings. The molecule has 10 heteroatoms. The van der Waals surface area contributed by atoms with Crippen molar-refractivity contribution in [1.82, 2.24) is 4.57 Å². The highest BCUT2D eigenvalue weighted by molar-refractivity contribution is 9.10. The summed E-state index contributed by atoms with van der Waals surface area (Å²) in [5.74, 6) is -0.820. The van der Waals surface area contributed by atoms with Gasteiger partial charge in [0.05, 0.1) is 41.2 Å².